The average Bonchev–Trinajstić information content (AvgIpc) is 2.40. The van der Waals surface area contributed by atoms with Crippen molar-refractivity contribution in [1.82, 2.24) is 0 Å². The highest BCUT2D eigenvalue weighted by atomic mass is 35.5. The molecule has 1 aliphatic carbocycles. The molecule has 2 rings (SSSR count). The first-order valence-corrected chi connectivity index (χ1v) is 8.03. The van der Waals surface area contributed by atoms with Gasteiger partial charge >= 0.3 is 0 Å². The fraction of sp³-hybridized carbons (Fsp3) is 0.556. The van der Waals surface area contributed by atoms with Crippen molar-refractivity contribution in [1.29, 1.82) is 0 Å². The van der Waals surface area contributed by atoms with E-state index in [1.165, 1.54) is 6.42 Å². The Kier molecular flexibility index (Phi) is 5.80. The predicted molar refractivity (Wildman–Crippen MR) is 85.3 cm³/mol. The fourth-order valence-corrected chi connectivity index (χ4v) is 3.12. The van der Waals surface area contributed by atoms with Crippen LogP contribution in [-0.2, 0) is 0 Å². The van der Waals surface area contributed by atoms with Crippen molar-refractivity contribution in [2.45, 2.75) is 45.6 Å². The summed E-state index contributed by atoms with van der Waals surface area (Å²) in [5.74, 6) is 9.24. The number of rotatable bonds is 3. The first-order chi connectivity index (χ1) is 9.69. The molecule has 108 valence electrons. The fourth-order valence-electron chi connectivity index (χ4n) is 3.03. The quantitative estimate of drug-likeness (QED) is 0.570. The topological polar surface area (TPSA) is 9.23 Å². The normalized spacial score (nSPS) is 25.6. The van der Waals surface area contributed by atoms with E-state index in [1.807, 2.05) is 24.3 Å². The Labute approximate surface area is 127 Å². The molecule has 1 nitrogen and oxygen atoms in total. The molecular weight excluding hydrogens is 268 g/mol. The van der Waals surface area contributed by atoms with Gasteiger partial charge in [0, 0.05) is 12.3 Å². The van der Waals surface area contributed by atoms with Gasteiger partial charge in [-0.25, -0.2) is 0 Å². The highest BCUT2D eigenvalue weighted by Gasteiger charge is 2.25. The molecule has 2 atom stereocenters. The second-order valence-corrected chi connectivity index (χ2v) is 6.27. The van der Waals surface area contributed by atoms with Gasteiger partial charge in [-0.15, -0.1) is 11.6 Å². The van der Waals surface area contributed by atoms with Gasteiger partial charge in [-0.2, -0.15) is 0 Å². The SMILES string of the molecule is CC1CC(C)CC(Oc2ccccc2C#CCCCl)C1. The Morgan fingerprint density at radius 1 is 1.15 bits per heavy atom. The Balaban J connectivity index is 2.07. The van der Waals surface area contributed by atoms with E-state index in [0.717, 1.165) is 36.0 Å². The lowest BCUT2D eigenvalue weighted by molar-refractivity contribution is 0.101. The van der Waals surface area contributed by atoms with Gasteiger partial charge in [0.1, 0.15) is 5.75 Å². The van der Waals surface area contributed by atoms with Gasteiger partial charge in [0.05, 0.1) is 11.7 Å². The minimum atomic E-state index is 0.324. The molecule has 1 aromatic carbocycles. The molecule has 2 heteroatoms. The summed E-state index contributed by atoms with van der Waals surface area (Å²) < 4.78 is 6.22. The summed E-state index contributed by atoms with van der Waals surface area (Å²) in [6, 6.07) is 8.06. The summed E-state index contributed by atoms with van der Waals surface area (Å²) in [6.45, 7) is 4.64. The molecule has 0 saturated heterocycles. The number of hydrogen-bond acceptors (Lipinski definition) is 1. The molecule has 0 aliphatic heterocycles. The van der Waals surface area contributed by atoms with Crippen molar-refractivity contribution in [3.63, 3.8) is 0 Å². The summed E-state index contributed by atoms with van der Waals surface area (Å²) in [7, 11) is 0. The second-order valence-electron chi connectivity index (χ2n) is 5.89. The van der Waals surface area contributed by atoms with Crippen molar-refractivity contribution in [2.75, 3.05) is 5.88 Å². The molecule has 0 N–H and O–H groups in total. The minimum Gasteiger partial charge on any atom is -0.489 e. The third-order valence-electron chi connectivity index (χ3n) is 3.76. The Bertz CT molecular complexity index is 476. The van der Waals surface area contributed by atoms with E-state index >= 15 is 0 Å². The molecule has 20 heavy (non-hydrogen) atoms. The molecule has 0 aromatic heterocycles. The second kappa shape index (κ2) is 7.60. The van der Waals surface area contributed by atoms with Crippen LogP contribution < -0.4 is 4.74 Å². The molecule has 1 aromatic rings. The zero-order chi connectivity index (χ0) is 14.4. The highest BCUT2D eigenvalue weighted by Crippen LogP contribution is 2.32. The van der Waals surface area contributed by atoms with Crippen LogP contribution >= 0.6 is 11.6 Å². The van der Waals surface area contributed by atoms with Crippen LogP contribution in [0.2, 0.25) is 0 Å². The summed E-state index contributed by atoms with van der Waals surface area (Å²) in [5.41, 5.74) is 0.975. The zero-order valence-electron chi connectivity index (χ0n) is 12.4. The predicted octanol–water partition coefficient (Wildman–Crippen LogP) is 4.87. The number of alkyl halides is 1. The number of para-hydroxylation sites is 1. The van der Waals surface area contributed by atoms with E-state index in [2.05, 4.69) is 25.7 Å². The van der Waals surface area contributed by atoms with E-state index in [4.69, 9.17) is 16.3 Å². The van der Waals surface area contributed by atoms with Crippen molar-refractivity contribution in [3.8, 4) is 17.6 Å². The number of hydrogen-bond donors (Lipinski definition) is 0. The molecular formula is C18H23ClO. The highest BCUT2D eigenvalue weighted by molar-refractivity contribution is 6.18. The minimum absolute atomic E-state index is 0.324. The smallest absolute Gasteiger partial charge is 0.135 e. The van der Waals surface area contributed by atoms with Crippen molar-refractivity contribution < 1.29 is 4.74 Å². The van der Waals surface area contributed by atoms with Crippen molar-refractivity contribution in [3.05, 3.63) is 29.8 Å². The average molecular weight is 291 g/mol. The van der Waals surface area contributed by atoms with Gasteiger partial charge in [0.15, 0.2) is 0 Å². The summed E-state index contributed by atoms with van der Waals surface area (Å²) >= 11 is 5.66. The van der Waals surface area contributed by atoms with Gasteiger partial charge in [0.2, 0.25) is 0 Å². The zero-order valence-corrected chi connectivity index (χ0v) is 13.1. The lowest BCUT2D eigenvalue weighted by Crippen LogP contribution is -2.28. The van der Waals surface area contributed by atoms with Crippen LogP contribution in [0.25, 0.3) is 0 Å². The van der Waals surface area contributed by atoms with E-state index in [0.29, 0.717) is 18.4 Å². The van der Waals surface area contributed by atoms with E-state index < -0.39 is 0 Å². The standard InChI is InChI=1S/C18H23ClO/c1-14-11-15(2)13-17(12-14)20-18-9-4-3-7-16(18)8-5-6-10-19/h3-4,7,9,14-15,17H,6,10-13H2,1-2H3. The largest absolute Gasteiger partial charge is 0.489 e. The number of ether oxygens (including phenoxy) is 1. The Hall–Kier alpha value is -1.13. The van der Waals surface area contributed by atoms with Crippen molar-refractivity contribution >= 4 is 11.6 Å². The van der Waals surface area contributed by atoms with E-state index in [-0.39, 0.29) is 0 Å². The molecule has 2 unspecified atom stereocenters. The maximum Gasteiger partial charge on any atom is 0.135 e. The molecule has 0 bridgehead atoms. The molecule has 0 spiro atoms. The van der Waals surface area contributed by atoms with Crippen LogP contribution in [0.3, 0.4) is 0 Å². The summed E-state index contributed by atoms with van der Waals surface area (Å²) in [4.78, 5) is 0. The van der Waals surface area contributed by atoms with Gasteiger partial charge in [-0.1, -0.05) is 37.8 Å². The van der Waals surface area contributed by atoms with Crippen LogP contribution in [0.5, 0.6) is 5.75 Å². The lowest BCUT2D eigenvalue weighted by Gasteiger charge is -2.31. The first-order valence-electron chi connectivity index (χ1n) is 7.49. The monoisotopic (exact) mass is 290 g/mol. The first kappa shape index (κ1) is 15.3. The molecule has 1 aliphatic rings. The molecule has 0 amide bonds. The molecule has 1 fully saturated rings. The van der Waals surface area contributed by atoms with Gasteiger partial charge in [0.25, 0.3) is 0 Å². The summed E-state index contributed by atoms with van der Waals surface area (Å²) in [6.07, 6.45) is 4.65. The van der Waals surface area contributed by atoms with Crippen LogP contribution in [0.4, 0.5) is 0 Å². The Morgan fingerprint density at radius 2 is 1.85 bits per heavy atom. The Morgan fingerprint density at radius 3 is 2.55 bits per heavy atom. The van der Waals surface area contributed by atoms with Gasteiger partial charge in [-0.3, -0.25) is 0 Å². The van der Waals surface area contributed by atoms with Gasteiger partial charge < -0.3 is 4.74 Å². The molecule has 0 heterocycles. The lowest BCUT2D eigenvalue weighted by atomic mass is 9.82. The maximum atomic E-state index is 6.22. The van der Waals surface area contributed by atoms with Crippen molar-refractivity contribution in [2.24, 2.45) is 11.8 Å². The van der Waals surface area contributed by atoms with Crippen LogP contribution in [-0.4, -0.2) is 12.0 Å². The van der Waals surface area contributed by atoms with Gasteiger partial charge in [-0.05, 0) is 43.2 Å². The van der Waals surface area contributed by atoms with Crippen LogP contribution in [0.15, 0.2) is 24.3 Å². The van der Waals surface area contributed by atoms with E-state index in [1.54, 1.807) is 0 Å². The maximum absolute atomic E-state index is 6.22. The van der Waals surface area contributed by atoms with E-state index in [9.17, 15) is 0 Å². The molecule has 0 radical (unpaired) electrons. The molecule has 1 saturated carbocycles. The third kappa shape index (κ3) is 4.46. The number of benzene rings is 1. The summed E-state index contributed by atoms with van der Waals surface area (Å²) in [5, 5.41) is 0. The number of halogens is 1. The third-order valence-corrected chi connectivity index (χ3v) is 3.95. The van der Waals surface area contributed by atoms with Crippen LogP contribution in [0.1, 0.15) is 45.1 Å². The van der Waals surface area contributed by atoms with Crippen LogP contribution in [0, 0.1) is 23.7 Å².